The van der Waals surface area contributed by atoms with Crippen molar-refractivity contribution >= 4 is 11.6 Å². The molecule has 3 saturated carbocycles. The van der Waals surface area contributed by atoms with E-state index in [-0.39, 0.29) is 42.8 Å². The molecule has 0 spiro atoms. The van der Waals surface area contributed by atoms with Gasteiger partial charge in [-0.15, -0.1) is 0 Å². The normalized spacial score (nSPS) is 51.1. The van der Waals surface area contributed by atoms with Crippen LogP contribution >= 0.6 is 0 Å². The number of alkyl halides is 1. The van der Waals surface area contributed by atoms with Crippen LogP contribution in [-0.2, 0) is 14.3 Å². The van der Waals surface area contributed by atoms with Gasteiger partial charge in [-0.25, -0.2) is 4.39 Å². The molecule has 0 aliphatic heterocycles. The van der Waals surface area contributed by atoms with Crippen LogP contribution in [0.3, 0.4) is 0 Å². The maximum Gasteiger partial charge on any atom is 0.193 e. The Labute approximate surface area is 169 Å². The number of fused-ring (bicyclic) bond motifs is 5. The molecule has 4 rings (SSSR count). The first kappa shape index (κ1) is 20.8. The van der Waals surface area contributed by atoms with Crippen LogP contribution in [0.15, 0.2) is 23.8 Å². The van der Waals surface area contributed by atoms with Crippen molar-refractivity contribution in [2.45, 2.75) is 57.1 Å². The SMILES string of the molecule is CO[C@]1(C(=O)CO)[C@H](O)C[C@H]2[C@@H]3C[C@H](F)C4=CC(=O)C=C[C@]4(C)[C@H]3[C@@H](O)C[C@@]21C. The van der Waals surface area contributed by atoms with Crippen LogP contribution in [0.4, 0.5) is 4.39 Å². The summed E-state index contributed by atoms with van der Waals surface area (Å²) in [5.41, 5.74) is -3.00. The molecule has 4 aliphatic rings. The smallest absolute Gasteiger partial charge is 0.193 e. The van der Waals surface area contributed by atoms with Gasteiger partial charge in [-0.05, 0) is 48.8 Å². The fraction of sp³-hybridized carbons (Fsp3) is 0.727. The molecular formula is C22H29FO6. The number of ketones is 2. The average Bonchev–Trinajstić information content (AvgIpc) is 2.89. The van der Waals surface area contributed by atoms with Gasteiger partial charge in [0, 0.05) is 23.9 Å². The van der Waals surface area contributed by atoms with Crippen LogP contribution in [0.5, 0.6) is 0 Å². The van der Waals surface area contributed by atoms with E-state index in [1.54, 1.807) is 13.0 Å². The van der Waals surface area contributed by atoms with Crippen LogP contribution in [0.25, 0.3) is 0 Å². The van der Waals surface area contributed by atoms with Gasteiger partial charge < -0.3 is 20.1 Å². The summed E-state index contributed by atoms with van der Waals surface area (Å²) in [5.74, 6) is -1.80. The molecule has 0 aromatic carbocycles. The number of carbonyl (C=O) groups excluding carboxylic acids is 2. The van der Waals surface area contributed by atoms with Crippen molar-refractivity contribution in [3.05, 3.63) is 23.8 Å². The second kappa shape index (κ2) is 6.54. The zero-order chi connectivity index (χ0) is 21.4. The van der Waals surface area contributed by atoms with Crippen molar-refractivity contribution in [1.82, 2.24) is 0 Å². The van der Waals surface area contributed by atoms with Gasteiger partial charge >= 0.3 is 0 Å². The Morgan fingerprint density at radius 1 is 1.31 bits per heavy atom. The highest BCUT2D eigenvalue weighted by atomic mass is 19.1. The predicted molar refractivity (Wildman–Crippen MR) is 102 cm³/mol. The Bertz CT molecular complexity index is 807. The summed E-state index contributed by atoms with van der Waals surface area (Å²) in [5, 5.41) is 31.7. The fourth-order valence-electron chi connectivity index (χ4n) is 7.44. The second-order valence-corrected chi connectivity index (χ2v) is 9.58. The number of ether oxygens (including phenoxy) is 1. The average molecular weight is 408 g/mol. The highest BCUT2D eigenvalue weighted by Gasteiger charge is 2.72. The molecule has 0 aromatic heterocycles. The molecule has 3 fully saturated rings. The molecule has 3 N–H and O–H groups in total. The first-order valence-electron chi connectivity index (χ1n) is 10.2. The van der Waals surface area contributed by atoms with Crippen LogP contribution in [0.1, 0.15) is 33.1 Å². The number of aliphatic hydroxyl groups excluding tert-OH is 3. The van der Waals surface area contributed by atoms with Crippen molar-refractivity contribution in [1.29, 1.82) is 0 Å². The molecule has 4 aliphatic carbocycles. The van der Waals surface area contributed by atoms with Crippen LogP contribution in [-0.4, -0.2) is 64.6 Å². The molecule has 0 amide bonds. The van der Waals surface area contributed by atoms with Crippen molar-refractivity contribution < 1.29 is 34.0 Å². The predicted octanol–water partition coefficient (Wildman–Crippen LogP) is 1.13. The van der Waals surface area contributed by atoms with Gasteiger partial charge in [0.1, 0.15) is 12.8 Å². The summed E-state index contributed by atoms with van der Waals surface area (Å²) < 4.78 is 20.9. The van der Waals surface area contributed by atoms with Crippen molar-refractivity contribution in [2.24, 2.45) is 28.6 Å². The van der Waals surface area contributed by atoms with Gasteiger partial charge in [-0.3, -0.25) is 9.59 Å². The standard InChI is InChI=1S/C22H29FO6/c1-20-5-4-11(25)6-14(20)15(23)7-12-13-8-17(27)22(29-3,18(28)10-24)21(13,2)9-16(26)19(12)20/h4-6,12-13,15-17,19,24,26-27H,7-10H2,1-3H3/t12-,13-,15-,16-,17+,19+,20-,21-,22-/m0/s1. The number of rotatable bonds is 3. The fourth-order valence-corrected chi connectivity index (χ4v) is 7.44. The van der Waals surface area contributed by atoms with Crippen molar-refractivity contribution in [3.8, 4) is 0 Å². The maximum atomic E-state index is 15.3. The molecular weight excluding hydrogens is 379 g/mol. The van der Waals surface area contributed by atoms with Crippen molar-refractivity contribution in [3.63, 3.8) is 0 Å². The molecule has 0 unspecified atom stereocenters. The Kier molecular flexibility index (Phi) is 4.70. The minimum atomic E-state index is -1.64. The zero-order valence-corrected chi connectivity index (χ0v) is 17.0. The van der Waals surface area contributed by atoms with E-state index in [4.69, 9.17) is 4.74 Å². The Morgan fingerprint density at radius 3 is 2.62 bits per heavy atom. The molecule has 0 saturated heterocycles. The number of hydrogen-bond acceptors (Lipinski definition) is 6. The summed E-state index contributed by atoms with van der Waals surface area (Å²) >= 11 is 0. The van der Waals surface area contributed by atoms with Gasteiger partial charge in [0.15, 0.2) is 17.2 Å². The van der Waals surface area contributed by atoms with Gasteiger partial charge in [0.25, 0.3) is 0 Å². The highest BCUT2D eigenvalue weighted by Crippen LogP contribution is 2.68. The first-order chi connectivity index (χ1) is 13.6. The summed E-state index contributed by atoms with van der Waals surface area (Å²) in [7, 11) is 1.33. The van der Waals surface area contributed by atoms with Gasteiger partial charge in [0.05, 0.1) is 12.2 Å². The van der Waals surface area contributed by atoms with E-state index in [9.17, 15) is 24.9 Å². The molecule has 0 radical (unpaired) electrons. The number of halogens is 1. The first-order valence-corrected chi connectivity index (χ1v) is 10.2. The lowest BCUT2D eigenvalue weighted by molar-refractivity contribution is -0.200. The minimum absolute atomic E-state index is 0.115. The Hall–Kier alpha value is -1.41. The van der Waals surface area contributed by atoms with Crippen molar-refractivity contribution in [2.75, 3.05) is 13.7 Å². The largest absolute Gasteiger partial charge is 0.393 e. The quantitative estimate of drug-likeness (QED) is 0.647. The molecule has 7 heteroatoms. The Balaban J connectivity index is 1.82. The molecule has 0 heterocycles. The number of methoxy groups -OCH3 is 1. The van der Waals surface area contributed by atoms with Crippen LogP contribution in [0.2, 0.25) is 0 Å². The van der Waals surface area contributed by atoms with Gasteiger partial charge in [-0.2, -0.15) is 0 Å². The third-order valence-electron chi connectivity index (χ3n) is 8.54. The van der Waals surface area contributed by atoms with E-state index < -0.39 is 47.2 Å². The Morgan fingerprint density at radius 2 is 2.00 bits per heavy atom. The van der Waals surface area contributed by atoms with E-state index >= 15 is 4.39 Å². The minimum Gasteiger partial charge on any atom is -0.393 e. The van der Waals surface area contributed by atoms with E-state index in [2.05, 4.69) is 0 Å². The number of carbonyl (C=O) groups is 2. The maximum absolute atomic E-state index is 15.3. The zero-order valence-electron chi connectivity index (χ0n) is 17.0. The third kappa shape index (κ3) is 2.42. The van der Waals surface area contributed by atoms with E-state index in [1.165, 1.54) is 19.3 Å². The molecule has 29 heavy (non-hydrogen) atoms. The lowest BCUT2D eigenvalue weighted by Gasteiger charge is -2.60. The molecule has 9 atom stereocenters. The molecule has 6 nitrogen and oxygen atoms in total. The lowest BCUT2D eigenvalue weighted by atomic mass is 9.46. The second-order valence-electron chi connectivity index (χ2n) is 9.58. The number of allylic oxidation sites excluding steroid dienone is 4. The summed E-state index contributed by atoms with van der Waals surface area (Å²) in [6, 6.07) is 0. The van der Waals surface area contributed by atoms with E-state index in [0.29, 0.717) is 5.57 Å². The van der Waals surface area contributed by atoms with Crippen LogP contribution < -0.4 is 0 Å². The number of aliphatic hydroxyl groups is 3. The highest BCUT2D eigenvalue weighted by molar-refractivity contribution is 6.01. The van der Waals surface area contributed by atoms with Gasteiger partial charge in [0.2, 0.25) is 0 Å². The lowest BCUT2D eigenvalue weighted by Crippen LogP contribution is -2.65. The van der Waals surface area contributed by atoms with Crippen LogP contribution in [0, 0.1) is 28.6 Å². The van der Waals surface area contributed by atoms with E-state index in [0.717, 1.165) is 0 Å². The topological polar surface area (TPSA) is 104 Å². The summed E-state index contributed by atoms with van der Waals surface area (Å²) in [6.45, 7) is 2.87. The van der Waals surface area contributed by atoms with Gasteiger partial charge in [-0.1, -0.05) is 19.9 Å². The number of hydrogen-bond donors (Lipinski definition) is 3. The van der Waals surface area contributed by atoms with E-state index in [1.807, 2.05) is 6.92 Å². The summed E-state index contributed by atoms with van der Waals surface area (Å²) in [6.07, 6.45) is 1.62. The third-order valence-corrected chi connectivity index (χ3v) is 8.54. The summed E-state index contributed by atoms with van der Waals surface area (Å²) in [4.78, 5) is 24.6. The molecule has 0 aromatic rings. The number of Topliss-reactive ketones (excluding diaryl/α,β-unsaturated/α-hetero) is 1. The molecule has 0 bridgehead atoms. The molecule has 160 valence electrons. The monoisotopic (exact) mass is 408 g/mol.